The molecule has 23 heavy (non-hydrogen) atoms. The number of hydrogen-bond donors (Lipinski definition) is 2. The molecule has 2 aromatic rings. The van der Waals surface area contributed by atoms with Crippen LogP contribution >= 0.6 is 11.6 Å². The van der Waals surface area contributed by atoms with Crippen LogP contribution in [0.25, 0.3) is 10.9 Å². The van der Waals surface area contributed by atoms with Crippen molar-refractivity contribution in [3.63, 3.8) is 0 Å². The number of piperidine rings is 1. The van der Waals surface area contributed by atoms with Gasteiger partial charge in [-0.25, -0.2) is 9.78 Å². The fourth-order valence-corrected chi connectivity index (χ4v) is 3.35. The average Bonchev–Trinajstić information content (AvgIpc) is 2.55. The van der Waals surface area contributed by atoms with Gasteiger partial charge in [-0.15, -0.1) is 0 Å². The van der Waals surface area contributed by atoms with Crippen LogP contribution in [-0.4, -0.2) is 35.8 Å². The first-order valence-electron chi connectivity index (χ1n) is 7.90. The number of nitrogens with zero attached hydrogens (tertiary/aromatic N) is 2. The van der Waals surface area contributed by atoms with E-state index in [2.05, 4.69) is 10.2 Å². The Balaban J connectivity index is 1.60. The van der Waals surface area contributed by atoms with Gasteiger partial charge < -0.3 is 15.3 Å². The maximum atomic E-state index is 10.5. The molecule has 2 N–H and O–H groups in total. The van der Waals surface area contributed by atoms with Crippen LogP contribution in [0.2, 0.25) is 5.02 Å². The molecule has 1 fully saturated rings. The van der Waals surface area contributed by atoms with E-state index in [1.54, 1.807) is 0 Å². The Morgan fingerprint density at radius 3 is 2.83 bits per heavy atom. The molecule has 0 atom stereocenters. The highest BCUT2D eigenvalue weighted by molar-refractivity contribution is 6.35. The van der Waals surface area contributed by atoms with E-state index in [0.717, 1.165) is 54.1 Å². The highest BCUT2D eigenvalue weighted by Crippen LogP contribution is 2.27. The zero-order valence-corrected chi connectivity index (χ0v) is 13.6. The average molecular weight is 334 g/mol. The molecule has 1 aromatic carbocycles. The number of anilines is 1. The second-order valence-electron chi connectivity index (χ2n) is 5.93. The molecule has 1 saturated heterocycles. The van der Waals surface area contributed by atoms with Gasteiger partial charge in [-0.05, 0) is 49.4 Å². The fraction of sp³-hybridized carbons (Fsp3) is 0.412. The third-order valence-corrected chi connectivity index (χ3v) is 4.76. The first-order chi connectivity index (χ1) is 11.1. The highest BCUT2D eigenvalue weighted by atomic mass is 35.5. The molecule has 2 heterocycles. The van der Waals surface area contributed by atoms with Gasteiger partial charge >= 0.3 is 6.09 Å². The molecule has 1 aromatic heterocycles. The number of halogens is 1. The zero-order chi connectivity index (χ0) is 16.2. The Hall–Kier alpha value is -2.01. The van der Waals surface area contributed by atoms with Crippen LogP contribution in [-0.2, 0) is 0 Å². The molecule has 122 valence electrons. The summed E-state index contributed by atoms with van der Waals surface area (Å²) in [5.74, 6) is 1.56. The number of amides is 1. The van der Waals surface area contributed by atoms with Gasteiger partial charge in [-0.3, -0.25) is 0 Å². The predicted molar refractivity (Wildman–Crippen MR) is 92.3 cm³/mol. The molecule has 5 nitrogen and oxygen atoms in total. The summed E-state index contributed by atoms with van der Waals surface area (Å²) in [5, 5.41) is 12.7. The maximum absolute atomic E-state index is 10.5. The van der Waals surface area contributed by atoms with Crippen molar-refractivity contribution in [2.75, 3.05) is 24.5 Å². The molecule has 6 heteroatoms. The molecule has 3 rings (SSSR count). The predicted octanol–water partition coefficient (Wildman–Crippen LogP) is 3.76. The van der Waals surface area contributed by atoms with Crippen LogP contribution in [0.3, 0.4) is 0 Å². The van der Waals surface area contributed by atoms with E-state index < -0.39 is 6.09 Å². The van der Waals surface area contributed by atoms with E-state index in [1.165, 1.54) is 0 Å². The van der Waals surface area contributed by atoms with Crippen molar-refractivity contribution >= 4 is 34.4 Å². The van der Waals surface area contributed by atoms with Crippen molar-refractivity contribution in [3.05, 3.63) is 35.4 Å². The number of hydrogen-bond acceptors (Lipinski definition) is 3. The number of fused-ring (bicyclic) bond motifs is 1. The number of nitrogens with one attached hydrogen (secondary N) is 1. The highest BCUT2D eigenvalue weighted by Gasteiger charge is 2.20. The summed E-state index contributed by atoms with van der Waals surface area (Å²) in [4.78, 5) is 17.5. The van der Waals surface area contributed by atoms with Crippen LogP contribution in [0.4, 0.5) is 10.6 Å². The van der Waals surface area contributed by atoms with Gasteiger partial charge in [0.1, 0.15) is 5.82 Å². The Morgan fingerprint density at radius 2 is 2.09 bits per heavy atom. The van der Waals surface area contributed by atoms with Crippen molar-refractivity contribution in [2.24, 2.45) is 5.92 Å². The van der Waals surface area contributed by atoms with E-state index in [1.807, 2.05) is 30.3 Å². The second kappa shape index (κ2) is 7.04. The van der Waals surface area contributed by atoms with Crippen LogP contribution in [0, 0.1) is 5.92 Å². The standard InChI is InChI=1S/C17H20ClN3O2/c18-14-2-1-3-15-13(14)4-5-16(20-15)21-10-7-12(8-11-21)6-9-19-17(22)23/h1-5,12,19H,6-11H2,(H,22,23). The van der Waals surface area contributed by atoms with E-state index in [9.17, 15) is 4.79 Å². The van der Waals surface area contributed by atoms with Gasteiger partial charge in [0.15, 0.2) is 0 Å². The fourth-order valence-electron chi connectivity index (χ4n) is 3.12. The van der Waals surface area contributed by atoms with E-state index in [-0.39, 0.29) is 0 Å². The lowest BCUT2D eigenvalue weighted by atomic mass is 9.93. The van der Waals surface area contributed by atoms with Crippen LogP contribution < -0.4 is 10.2 Å². The van der Waals surface area contributed by atoms with Crippen molar-refractivity contribution in [1.82, 2.24) is 10.3 Å². The Labute approximate surface area is 140 Å². The Morgan fingerprint density at radius 1 is 1.30 bits per heavy atom. The summed E-state index contributed by atoms with van der Waals surface area (Å²) in [5.41, 5.74) is 0.919. The number of benzene rings is 1. The first-order valence-corrected chi connectivity index (χ1v) is 8.28. The number of rotatable bonds is 4. The summed E-state index contributed by atoms with van der Waals surface area (Å²) in [7, 11) is 0. The summed E-state index contributed by atoms with van der Waals surface area (Å²) in [6.07, 6.45) is 2.09. The zero-order valence-electron chi connectivity index (χ0n) is 12.8. The number of carbonyl (C=O) groups is 1. The SMILES string of the molecule is O=C(O)NCCC1CCN(c2ccc3c(Cl)cccc3n2)CC1. The summed E-state index contributed by atoms with van der Waals surface area (Å²) < 4.78 is 0. The van der Waals surface area contributed by atoms with Gasteiger partial charge in [0.05, 0.1) is 5.52 Å². The van der Waals surface area contributed by atoms with Crippen LogP contribution in [0.1, 0.15) is 19.3 Å². The number of pyridine rings is 1. The van der Waals surface area contributed by atoms with E-state index >= 15 is 0 Å². The number of carboxylic acid groups (broad SMARTS) is 1. The lowest BCUT2D eigenvalue weighted by Gasteiger charge is -2.33. The molecule has 0 spiro atoms. The third-order valence-electron chi connectivity index (χ3n) is 4.43. The minimum absolute atomic E-state index is 0.534. The van der Waals surface area contributed by atoms with Gasteiger partial charge in [0, 0.05) is 30.0 Å². The van der Waals surface area contributed by atoms with Crippen LogP contribution in [0.5, 0.6) is 0 Å². The van der Waals surface area contributed by atoms with Gasteiger partial charge in [0.2, 0.25) is 0 Å². The molecular formula is C17H20ClN3O2. The normalized spacial score (nSPS) is 15.8. The van der Waals surface area contributed by atoms with E-state index in [4.69, 9.17) is 21.7 Å². The Bertz CT molecular complexity index is 699. The smallest absolute Gasteiger partial charge is 0.404 e. The monoisotopic (exact) mass is 333 g/mol. The van der Waals surface area contributed by atoms with Crippen molar-refractivity contribution in [3.8, 4) is 0 Å². The minimum atomic E-state index is -0.943. The molecule has 1 amide bonds. The molecule has 0 radical (unpaired) electrons. The maximum Gasteiger partial charge on any atom is 0.404 e. The van der Waals surface area contributed by atoms with Crippen LogP contribution in [0.15, 0.2) is 30.3 Å². The third kappa shape index (κ3) is 3.85. The second-order valence-corrected chi connectivity index (χ2v) is 6.33. The minimum Gasteiger partial charge on any atom is -0.465 e. The molecule has 1 aliphatic heterocycles. The largest absolute Gasteiger partial charge is 0.465 e. The quantitative estimate of drug-likeness (QED) is 0.894. The first kappa shape index (κ1) is 15.9. The molecule has 1 aliphatic rings. The van der Waals surface area contributed by atoms with Crippen molar-refractivity contribution in [1.29, 1.82) is 0 Å². The number of aromatic nitrogens is 1. The lowest BCUT2D eigenvalue weighted by molar-refractivity contribution is 0.193. The van der Waals surface area contributed by atoms with Gasteiger partial charge in [0.25, 0.3) is 0 Å². The lowest BCUT2D eigenvalue weighted by Crippen LogP contribution is -2.35. The molecule has 0 saturated carbocycles. The van der Waals surface area contributed by atoms with Gasteiger partial charge in [-0.1, -0.05) is 17.7 Å². The molecule has 0 aliphatic carbocycles. The Kier molecular flexibility index (Phi) is 4.86. The molecular weight excluding hydrogens is 314 g/mol. The summed E-state index contributed by atoms with van der Waals surface area (Å²) >= 11 is 6.18. The summed E-state index contributed by atoms with van der Waals surface area (Å²) in [6, 6.07) is 9.84. The van der Waals surface area contributed by atoms with Gasteiger partial charge in [-0.2, -0.15) is 0 Å². The topological polar surface area (TPSA) is 65.5 Å². The van der Waals surface area contributed by atoms with Crippen molar-refractivity contribution in [2.45, 2.75) is 19.3 Å². The van der Waals surface area contributed by atoms with Crippen molar-refractivity contribution < 1.29 is 9.90 Å². The molecule has 0 bridgehead atoms. The van der Waals surface area contributed by atoms with E-state index in [0.29, 0.717) is 12.5 Å². The summed E-state index contributed by atoms with van der Waals surface area (Å²) in [6.45, 7) is 2.44. The molecule has 0 unspecified atom stereocenters.